The van der Waals surface area contributed by atoms with Gasteiger partial charge in [0.1, 0.15) is 5.82 Å². The minimum absolute atomic E-state index is 0.119. The molecule has 0 bridgehead atoms. The summed E-state index contributed by atoms with van der Waals surface area (Å²) < 4.78 is 18.5. The smallest absolute Gasteiger partial charge is 0.254 e. The summed E-state index contributed by atoms with van der Waals surface area (Å²) in [4.78, 5) is 29.4. The first kappa shape index (κ1) is 20.3. The van der Waals surface area contributed by atoms with Gasteiger partial charge in [0.25, 0.3) is 5.91 Å². The number of carbonyl (C=O) groups excluding carboxylic acids is 2. The van der Waals surface area contributed by atoms with Gasteiger partial charge in [0.2, 0.25) is 5.91 Å². The third-order valence-electron chi connectivity index (χ3n) is 5.20. The second-order valence-corrected chi connectivity index (χ2v) is 7.99. The standard InChI is InChI=1S/C23H21FN2O3S/c1-29-13-12-26-21(19-7-4-14-30-19)20(17-5-2-3-6-18(17)23(26)28)22(27)25-16-10-8-15(24)9-11-16/h2-11,14,20-21H,12-13H2,1H3,(H,25,27)/t20-,21+/m1/s1. The molecule has 2 amide bonds. The Morgan fingerprint density at radius 3 is 2.60 bits per heavy atom. The average Bonchev–Trinajstić information content (AvgIpc) is 3.29. The van der Waals surface area contributed by atoms with Gasteiger partial charge in [-0.2, -0.15) is 0 Å². The fourth-order valence-electron chi connectivity index (χ4n) is 3.84. The molecule has 30 heavy (non-hydrogen) atoms. The number of carbonyl (C=O) groups is 2. The number of nitrogens with zero attached hydrogens (tertiary/aromatic N) is 1. The molecule has 5 nitrogen and oxygen atoms in total. The van der Waals surface area contributed by atoms with Crippen molar-refractivity contribution < 1.29 is 18.7 Å². The Labute approximate surface area is 178 Å². The molecule has 2 aromatic carbocycles. The highest BCUT2D eigenvalue weighted by Crippen LogP contribution is 2.44. The zero-order valence-electron chi connectivity index (χ0n) is 16.4. The number of methoxy groups -OCH3 is 1. The van der Waals surface area contributed by atoms with Crippen molar-refractivity contribution in [1.82, 2.24) is 4.90 Å². The molecule has 7 heteroatoms. The normalized spacial score (nSPS) is 18.2. The second-order valence-electron chi connectivity index (χ2n) is 7.01. The van der Waals surface area contributed by atoms with Crippen LogP contribution in [0.25, 0.3) is 0 Å². The van der Waals surface area contributed by atoms with Crippen molar-refractivity contribution in [1.29, 1.82) is 0 Å². The maximum Gasteiger partial charge on any atom is 0.254 e. The van der Waals surface area contributed by atoms with Crippen LogP contribution in [0.15, 0.2) is 66.0 Å². The van der Waals surface area contributed by atoms with E-state index in [0.29, 0.717) is 30.0 Å². The molecule has 3 aromatic rings. The lowest BCUT2D eigenvalue weighted by molar-refractivity contribution is -0.119. The van der Waals surface area contributed by atoms with Crippen molar-refractivity contribution >= 4 is 28.8 Å². The Morgan fingerprint density at radius 1 is 1.13 bits per heavy atom. The van der Waals surface area contributed by atoms with Gasteiger partial charge in [-0.05, 0) is 47.3 Å². The predicted molar refractivity (Wildman–Crippen MR) is 114 cm³/mol. The van der Waals surface area contributed by atoms with Gasteiger partial charge < -0.3 is 15.0 Å². The maximum absolute atomic E-state index is 13.5. The van der Waals surface area contributed by atoms with E-state index in [9.17, 15) is 14.0 Å². The van der Waals surface area contributed by atoms with E-state index in [4.69, 9.17) is 4.74 Å². The van der Waals surface area contributed by atoms with Crippen LogP contribution < -0.4 is 5.32 Å². The number of anilines is 1. The first-order valence-electron chi connectivity index (χ1n) is 9.59. The fraction of sp³-hybridized carbons (Fsp3) is 0.217. The first-order valence-corrected chi connectivity index (χ1v) is 10.5. The van der Waals surface area contributed by atoms with Crippen molar-refractivity contribution in [2.45, 2.75) is 12.0 Å². The Bertz CT molecular complexity index is 1040. The summed E-state index contributed by atoms with van der Waals surface area (Å²) in [5.74, 6) is -1.35. The molecule has 154 valence electrons. The van der Waals surface area contributed by atoms with Crippen molar-refractivity contribution in [3.63, 3.8) is 0 Å². The number of benzene rings is 2. The van der Waals surface area contributed by atoms with E-state index < -0.39 is 12.0 Å². The van der Waals surface area contributed by atoms with Gasteiger partial charge in [0, 0.05) is 29.8 Å². The lowest BCUT2D eigenvalue weighted by Gasteiger charge is -2.41. The number of thiophene rings is 1. The van der Waals surface area contributed by atoms with Crippen LogP contribution in [0.3, 0.4) is 0 Å². The summed E-state index contributed by atoms with van der Waals surface area (Å²) in [6.07, 6.45) is 0. The van der Waals surface area contributed by atoms with Crippen LogP contribution in [-0.2, 0) is 9.53 Å². The van der Waals surface area contributed by atoms with E-state index in [0.717, 1.165) is 4.88 Å². The highest BCUT2D eigenvalue weighted by molar-refractivity contribution is 7.10. The molecule has 0 fully saturated rings. The van der Waals surface area contributed by atoms with Gasteiger partial charge in [-0.1, -0.05) is 24.3 Å². The number of fused-ring (bicyclic) bond motifs is 1. The van der Waals surface area contributed by atoms with Gasteiger partial charge in [0.15, 0.2) is 0 Å². The lowest BCUT2D eigenvalue weighted by Crippen LogP contribution is -2.47. The number of halogens is 1. The van der Waals surface area contributed by atoms with Crippen LogP contribution in [0.2, 0.25) is 0 Å². The number of rotatable bonds is 6. The zero-order chi connectivity index (χ0) is 21.1. The van der Waals surface area contributed by atoms with Crippen LogP contribution in [0.5, 0.6) is 0 Å². The fourth-order valence-corrected chi connectivity index (χ4v) is 4.71. The minimum atomic E-state index is -0.612. The third-order valence-corrected chi connectivity index (χ3v) is 6.15. The molecule has 1 aliphatic rings. The van der Waals surface area contributed by atoms with Crippen molar-refractivity contribution in [2.24, 2.45) is 0 Å². The van der Waals surface area contributed by atoms with Crippen molar-refractivity contribution in [3.05, 3.63) is 87.9 Å². The Kier molecular flexibility index (Phi) is 5.92. The van der Waals surface area contributed by atoms with E-state index in [-0.39, 0.29) is 17.6 Å². The minimum Gasteiger partial charge on any atom is -0.383 e. The van der Waals surface area contributed by atoms with Gasteiger partial charge in [-0.3, -0.25) is 9.59 Å². The number of amides is 2. The SMILES string of the molecule is COCCN1C(=O)c2ccccc2[C@@H](C(=O)Nc2ccc(F)cc2)[C@@H]1c1cccs1. The molecule has 2 heterocycles. The summed E-state index contributed by atoms with van der Waals surface area (Å²) in [5.41, 5.74) is 1.71. The molecule has 0 radical (unpaired) electrons. The number of hydrogen-bond donors (Lipinski definition) is 1. The van der Waals surface area contributed by atoms with Crippen LogP contribution in [0, 0.1) is 5.82 Å². The van der Waals surface area contributed by atoms with E-state index in [1.165, 1.54) is 35.6 Å². The van der Waals surface area contributed by atoms with Gasteiger partial charge in [0.05, 0.1) is 18.6 Å². The molecule has 1 aromatic heterocycles. The van der Waals surface area contributed by atoms with Crippen LogP contribution in [0.4, 0.5) is 10.1 Å². The Morgan fingerprint density at radius 2 is 1.90 bits per heavy atom. The Hall–Kier alpha value is -3.03. The Balaban J connectivity index is 1.78. The van der Waals surface area contributed by atoms with Crippen LogP contribution in [-0.4, -0.2) is 37.0 Å². The summed E-state index contributed by atoms with van der Waals surface area (Å²) in [7, 11) is 1.58. The van der Waals surface area contributed by atoms with E-state index in [2.05, 4.69) is 5.32 Å². The highest BCUT2D eigenvalue weighted by atomic mass is 32.1. The molecule has 4 rings (SSSR count). The summed E-state index contributed by atoms with van der Waals surface area (Å²) in [5, 5.41) is 4.83. The van der Waals surface area contributed by atoms with Crippen LogP contribution >= 0.6 is 11.3 Å². The largest absolute Gasteiger partial charge is 0.383 e. The first-order chi connectivity index (χ1) is 14.6. The van der Waals surface area contributed by atoms with Crippen molar-refractivity contribution in [2.75, 3.05) is 25.6 Å². The third kappa shape index (κ3) is 3.86. The summed E-state index contributed by atoms with van der Waals surface area (Å²) >= 11 is 1.51. The molecule has 0 spiro atoms. The van der Waals surface area contributed by atoms with E-state index in [1.54, 1.807) is 24.1 Å². The monoisotopic (exact) mass is 424 g/mol. The molecule has 1 aliphatic heterocycles. The van der Waals surface area contributed by atoms with Gasteiger partial charge in [-0.15, -0.1) is 11.3 Å². The molecular weight excluding hydrogens is 403 g/mol. The highest BCUT2D eigenvalue weighted by Gasteiger charge is 2.44. The molecule has 0 saturated heterocycles. The number of hydrogen-bond acceptors (Lipinski definition) is 4. The lowest BCUT2D eigenvalue weighted by atomic mass is 9.81. The summed E-state index contributed by atoms with van der Waals surface area (Å²) in [6.45, 7) is 0.731. The molecule has 0 aliphatic carbocycles. The van der Waals surface area contributed by atoms with E-state index >= 15 is 0 Å². The molecule has 0 unspecified atom stereocenters. The molecule has 0 saturated carbocycles. The number of ether oxygens (including phenoxy) is 1. The van der Waals surface area contributed by atoms with Crippen LogP contribution in [0.1, 0.15) is 32.8 Å². The average molecular weight is 424 g/mol. The second kappa shape index (κ2) is 8.77. The molecule has 2 atom stereocenters. The molecular formula is C23H21FN2O3S. The number of nitrogens with one attached hydrogen (secondary N) is 1. The summed E-state index contributed by atoms with van der Waals surface area (Å²) in [6, 6.07) is 16.3. The van der Waals surface area contributed by atoms with E-state index in [1.807, 2.05) is 29.6 Å². The molecule has 1 N–H and O–H groups in total. The maximum atomic E-state index is 13.5. The quantitative estimate of drug-likeness (QED) is 0.636. The van der Waals surface area contributed by atoms with Crippen molar-refractivity contribution in [3.8, 4) is 0 Å². The van der Waals surface area contributed by atoms with Gasteiger partial charge in [-0.25, -0.2) is 4.39 Å². The zero-order valence-corrected chi connectivity index (χ0v) is 17.2. The topological polar surface area (TPSA) is 58.6 Å². The van der Waals surface area contributed by atoms with Gasteiger partial charge >= 0.3 is 0 Å². The predicted octanol–water partition coefficient (Wildman–Crippen LogP) is 4.45.